The number of nitrogens with one attached hydrogen (secondary N) is 2. The fourth-order valence-electron chi connectivity index (χ4n) is 3.26. The highest BCUT2D eigenvalue weighted by Gasteiger charge is 2.16. The van der Waals surface area contributed by atoms with Crippen molar-refractivity contribution in [2.24, 2.45) is 4.99 Å². The molecule has 1 aromatic heterocycles. The zero-order valence-corrected chi connectivity index (χ0v) is 15.7. The van der Waals surface area contributed by atoms with E-state index in [0.29, 0.717) is 6.54 Å². The first kappa shape index (κ1) is 18.2. The number of hydrogen-bond donors (Lipinski definition) is 2. The lowest BCUT2D eigenvalue weighted by Crippen LogP contribution is -2.38. The van der Waals surface area contributed by atoms with Crippen LogP contribution in [0.15, 0.2) is 34.1 Å². The third-order valence-electron chi connectivity index (χ3n) is 4.64. The number of benzene rings is 1. The van der Waals surface area contributed by atoms with Crippen LogP contribution in [0.4, 0.5) is 0 Å². The molecule has 0 radical (unpaired) electrons. The van der Waals surface area contributed by atoms with Crippen molar-refractivity contribution in [3.05, 3.63) is 51.7 Å². The first-order chi connectivity index (χ1) is 12.7. The lowest BCUT2D eigenvalue weighted by atomic mass is 10.1. The van der Waals surface area contributed by atoms with Crippen LogP contribution in [0.25, 0.3) is 0 Å². The Kier molecular flexibility index (Phi) is 6.09. The van der Waals surface area contributed by atoms with Gasteiger partial charge in [-0.25, -0.2) is 9.48 Å². The molecule has 26 heavy (non-hydrogen) atoms. The van der Waals surface area contributed by atoms with Crippen molar-refractivity contribution in [3.63, 3.8) is 0 Å². The summed E-state index contributed by atoms with van der Waals surface area (Å²) in [5, 5.41) is 11.1. The van der Waals surface area contributed by atoms with Gasteiger partial charge >= 0.3 is 5.69 Å². The van der Waals surface area contributed by atoms with Crippen molar-refractivity contribution < 1.29 is 0 Å². The van der Waals surface area contributed by atoms with Gasteiger partial charge in [0.2, 0.25) is 0 Å². The Morgan fingerprint density at radius 1 is 1.31 bits per heavy atom. The van der Waals surface area contributed by atoms with Crippen LogP contribution < -0.4 is 16.3 Å². The summed E-state index contributed by atoms with van der Waals surface area (Å²) in [4.78, 5) is 16.5. The number of rotatable bonds is 6. The number of aromatic nitrogens is 3. The molecule has 1 aromatic carbocycles. The highest BCUT2D eigenvalue weighted by atomic mass is 16.2. The molecule has 3 rings (SSSR count). The first-order valence-electron chi connectivity index (χ1n) is 9.34. The summed E-state index contributed by atoms with van der Waals surface area (Å²) in [6.45, 7) is 4.99. The molecule has 2 N–H and O–H groups in total. The average Bonchev–Trinajstić information content (AvgIpc) is 2.97. The van der Waals surface area contributed by atoms with Crippen molar-refractivity contribution >= 4 is 5.96 Å². The smallest absolute Gasteiger partial charge is 0.345 e. The second-order valence-corrected chi connectivity index (χ2v) is 6.73. The molecular formula is C19H28N6O. The predicted octanol–water partition coefficient (Wildman–Crippen LogP) is 1.44. The Labute approximate surface area is 154 Å². The lowest BCUT2D eigenvalue weighted by Gasteiger charge is -2.12. The summed E-state index contributed by atoms with van der Waals surface area (Å²) in [5.41, 5.74) is 2.50. The molecule has 0 fully saturated rings. The summed E-state index contributed by atoms with van der Waals surface area (Å²) in [7, 11) is 1.76. The van der Waals surface area contributed by atoms with E-state index in [1.54, 1.807) is 11.7 Å². The van der Waals surface area contributed by atoms with Crippen molar-refractivity contribution in [2.75, 3.05) is 13.6 Å². The van der Waals surface area contributed by atoms with Gasteiger partial charge < -0.3 is 10.6 Å². The molecule has 0 unspecified atom stereocenters. The van der Waals surface area contributed by atoms with Crippen LogP contribution >= 0.6 is 0 Å². The molecule has 7 nitrogen and oxygen atoms in total. The van der Waals surface area contributed by atoms with Gasteiger partial charge in [0.05, 0.1) is 0 Å². The number of nitrogens with zero attached hydrogens (tertiary/aromatic N) is 4. The molecule has 140 valence electrons. The van der Waals surface area contributed by atoms with Gasteiger partial charge in [0.15, 0.2) is 5.96 Å². The average molecular weight is 356 g/mol. The van der Waals surface area contributed by atoms with Gasteiger partial charge in [-0.2, -0.15) is 5.10 Å². The van der Waals surface area contributed by atoms with Gasteiger partial charge in [0, 0.05) is 39.6 Å². The second-order valence-electron chi connectivity index (χ2n) is 6.73. The van der Waals surface area contributed by atoms with Crippen molar-refractivity contribution in [1.82, 2.24) is 25.0 Å². The molecule has 0 atom stereocenters. The number of aryl methyl sites for hydroxylation is 3. The number of hydrogen-bond acceptors (Lipinski definition) is 3. The Bertz CT molecular complexity index is 820. The van der Waals surface area contributed by atoms with E-state index in [2.05, 4.69) is 51.9 Å². The van der Waals surface area contributed by atoms with Crippen LogP contribution in [0, 0.1) is 6.92 Å². The summed E-state index contributed by atoms with van der Waals surface area (Å²) >= 11 is 0. The van der Waals surface area contributed by atoms with Gasteiger partial charge in [-0.3, -0.25) is 9.56 Å². The SMILES string of the molecule is CN=C(NCCCn1nc2n(c1=O)CCCC2)NCc1cccc(C)c1. The molecular weight excluding hydrogens is 328 g/mol. The van der Waals surface area contributed by atoms with Crippen LogP contribution in [0.5, 0.6) is 0 Å². The van der Waals surface area contributed by atoms with Crippen molar-refractivity contribution in [1.29, 1.82) is 0 Å². The first-order valence-corrected chi connectivity index (χ1v) is 9.34. The van der Waals surface area contributed by atoms with Gasteiger partial charge in [0.1, 0.15) is 5.82 Å². The summed E-state index contributed by atoms with van der Waals surface area (Å²) < 4.78 is 3.42. The third-order valence-corrected chi connectivity index (χ3v) is 4.64. The van der Waals surface area contributed by atoms with Gasteiger partial charge in [-0.15, -0.1) is 0 Å². The molecule has 0 bridgehead atoms. The van der Waals surface area contributed by atoms with E-state index in [1.807, 2.05) is 4.57 Å². The maximum Gasteiger partial charge on any atom is 0.345 e. The normalized spacial score (nSPS) is 14.2. The van der Waals surface area contributed by atoms with Crippen LogP contribution in [-0.4, -0.2) is 33.9 Å². The number of aliphatic imine (C=N–C) groups is 1. The Morgan fingerprint density at radius 2 is 2.19 bits per heavy atom. The molecule has 0 saturated heterocycles. The van der Waals surface area contributed by atoms with E-state index in [0.717, 1.165) is 57.1 Å². The van der Waals surface area contributed by atoms with Crippen LogP contribution in [0.3, 0.4) is 0 Å². The molecule has 0 aliphatic carbocycles. The summed E-state index contributed by atoms with van der Waals surface area (Å²) in [5.74, 6) is 1.70. The van der Waals surface area contributed by atoms with Gasteiger partial charge in [-0.1, -0.05) is 29.8 Å². The Balaban J connectivity index is 1.43. The summed E-state index contributed by atoms with van der Waals surface area (Å²) in [6, 6.07) is 8.41. The van der Waals surface area contributed by atoms with E-state index >= 15 is 0 Å². The number of fused-ring (bicyclic) bond motifs is 1. The van der Waals surface area contributed by atoms with Crippen molar-refractivity contribution in [3.8, 4) is 0 Å². The van der Waals surface area contributed by atoms with E-state index in [-0.39, 0.29) is 5.69 Å². The zero-order chi connectivity index (χ0) is 18.4. The van der Waals surface area contributed by atoms with E-state index < -0.39 is 0 Å². The monoisotopic (exact) mass is 356 g/mol. The highest BCUT2D eigenvalue weighted by Crippen LogP contribution is 2.09. The molecule has 2 heterocycles. The molecule has 7 heteroatoms. The van der Waals surface area contributed by atoms with Gasteiger partial charge in [0.25, 0.3) is 0 Å². The zero-order valence-electron chi connectivity index (χ0n) is 15.7. The van der Waals surface area contributed by atoms with Gasteiger partial charge in [-0.05, 0) is 31.7 Å². The largest absolute Gasteiger partial charge is 0.356 e. The van der Waals surface area contributed by atoms with E-state index in [9.17, 15) is 4.79 Å². The topological polar surface area (TPSA) is 76.2 Å². The van der Waals surface area contributed by atoms with Crippen LogP contribution in [0.1, 0.15) is 36.2 Å². The van der Waals surface area contributed by atoms with Crippen LogP contribution in [0.2, 0.25) is 0 Å². The second kappa shape index (κ2) is 8.69. The molecule has 0 spiro atoms. The fraction of sp³-hybridized carbons (Fsp3) is 0.526. The molecule has 1 aliphatic rings. The predicted molar refractivity (Wildman–Crippen MR) is 103 cm³/mol. The Hall–Kier alpha value is -2.57. The minimum atomic E-state index is 0.0293. The quantitative estimate of drug-likeness (QED) is 0.467. The van der Waals surface area contributed by atoms with E-state index in [1.165, 1.54) is 11.1 Å². The maximum absolute atomic E-state index is 12.3. The standard InChI is InChI=1S/C19H28N6O/c1-15-7-5-8-16(13-15)14-22-18(20-2)21-10-6-12-25-19(26)24-11-4-3-9-17(24)23-25/h5,7-8,13H,3-4,6,9-12,14H2,1-2H3,(H2,20,21,22). The number of guanidine groups is 1. The van der Waals surface area contributed by atoms with Crippen LogP contribution in [-0.2, 0) is 26.1 Å². The minimum Gasteiger partial charge on any atom is -0.356 e. The molecule has 1 aliphatic heterocycles. The third kappa shape index (κ3) is 4.53. The fourth-order valence-corrected chi connectivity index (χ4v) is 3.26. The summed E-state index contributed by atoms with van der Waals surface area (Å²) in [6.07, 6.45) is 3.93. The Morgan fingerprint density at radius 3 is 2.96 bits per heavy atom. The molecule has 0 saturated carbocycles. The maximum atomic E-state index is 12.3. The molecule has 2 aromatic rings. The van der Waals surface area contributed by atoms with E-state index in [4.69, 9.17) is 0 Å². The molecule has 0 amide bonds. The lowest BCUT2D eigenvalue weighted by molar-refractivity contribution is 0.509. The minimum absolute atomic E-state index is 0.0293. The highest BCUT2D eigenvalue weighted by molar-refractivity contribution is 5.79. The van der Waals surface area contributed by atoms with Crippen molar-refractivity contribution in [2.45, 2.75) is 52.2 Å².